The largest absolute Gasteiger partial charge is 0.459 e. The Labute approximate surface area is 177 Å². The lowest BCUT2D eigenvalue weighted by molar-refractivity contribution is -0.195. The van der Waals surface area contributed by atoms with Crippen molar-refractivity contribution in [1.82, 2.24) is 0 Å². The SMILES string of the molecule is CCCCC(CC)(CC(C)C)C(C)(C)OC(=O)C(C)(CC(C)(C)C)C(C)(C)C. The normalized spacial score (nSPS) is 17.9. The van der Waals surface area contributed by atoms with Gasteiger partial charge < -0.3 is 4.74 Å². The Balaban J connectivity index is 6.01. The van der Waals surface area contributed by atoms with E-state index < -0.39 is 11.0 Å². The second-order valence-electron chi connectivity index (χ2n) is 12.6. The molecule has 0 bridgehead atoms. The van der Waals surface area contributed by atoms with Crippen LogP contribution in [-0.2, 0) is 9.53 Å². The molecule has 2 unspecified atom stereocenters. The van der Waals surface area contributed by atoms with Crippen LogP contribution >= 0.6 is 0 Å². The standard InChI is InChI=1S/C26H52O2/c1-14-16-17-26(15-2,18-20(3)4)24(11,12)28-21(27)25(13,23(8,9)10)19-22(5,6)7/h20H,14-19H2,1-13H3. The van der Waals surface area contributed by atoms with Crippen molar-refractivity contribution < 1.29 is 9.53 Å². The van der Waals surface area contributed by atoms with Gasteiger partial charge in [0.25, 0.3) is 0 Å². The Hall–Kier alpha value is -0.530. The van der Waals surface area contributed by atoms with Crippen LogP contribution in [0.2, 0.25) is 0 Å². The topological polar surface area (TPSA) is 26.3 Å². The third kappa shape index (κ3) is 6.77. The average molecular weight is 397 g/mol. The molecule has 2 heteroatoms. The van der Waals surface area contributed by atoms with E-state index in [1.807, 2.05) is 0 Å². The first-order valence-electron chi connectivity index (χ1n) is 11.6. The third-order valence-electron chi connectivity index (χ3n) is 7.10. The number of rotatable bonds is 10. The molecule has 2 nitrogen and oxygen atoms in total. The van der Waals surface area contributed by atoms with Crippen molar-refractivity contribution in [2.75, 3.05) is 0 Å². The molecule has 0 saturated carbocycles. The van der Waals surface area contributed by atoms with Crippen LogP contribution < -0.4 is 0 Å². The van der Waals surface area contributed by atoms with E-state index >= 15 is 0 Å². The Kier molecular flexibility index (Phi) is 9.34. The number of carbonyl (C=O) groups is 1. The maximum atomic E-state index is 13.7. The van der Waals surface area contributed by atoms with Crippen LogP contribution in [0.3, 0.4) is 0 Å². The van der Waals surface area contributed by atoms with Crippen molar-refractivity contribution in [3.63, 3.8) is 0 Å². The van der Waals surface area contributed by atoms with Crippen molar-refractivity contribution in [3.8, 4) is 0 Å². The van der Waals surface area contributed by atoms with E-state index in [0.717, 1.165) is 25.7 Å². The monoisotopic (exact) mass is 396 g/mol. The van der Waals surface area contributed by atoms with Crippen molar-refractivity contribution >= 4 is 5.97 Å². The van der Waals surface area contributed by atoms with Crippen molar-refractivity contribution in [3.05, 3.63) is 0 Å². The van der Waals surface area contributed by atoms with Crippen LogP contribution in [0.5, 0.6) is 0 Å². The fourth-order valence-corrected chi connectivity index (χ4v) is 4.85. The van der Waals surface area contributed by atoms with Crippen LogP contribution in [-0.4, -0.2) is 11.6 Å². The minimum Gasteiger partial charge on any atom is -0.459 e. The molecule has 0 aromatic carbocycles. The van der Waals surface area contributed by atoms with Crippen LogP contribution in [0.1, 0.15) is 129 Å². The maximum Gasteiger partial charge on any atom is 0.312 e. The van der Waals surface area contributed by atoms with Gasteiger partial charge >= 0.3 is 5.97 Å². The summed E-state index contributed by atoms with van der Waals surface area (Å²) in [4.78, 5) is 13.7. The highest BCUT2D eigenvalue weighted by Gasteiger charge is 2.52. The number of carbonyl (C=O) groups excluding carboxylic acids is 1. The summed E-state index contributed by atoms with van der Waals surface area (Å²) >= 11 is 0. The van der Waals surface area contributed by atoms with Gasteiger partial charge in [0.1, 0.15) is 5.60 Å². The van der Waals surface area contributed by atoms with Crippen LogP contribution in [0.15, 0.2) is 0 Å². The molecule has 0 amide bonds. The lowest BCUT2D eigenvalue weighted by Gasteiger charge is -2.50. The van der Waals surface area contributed by atoms with E-state index in [1.165, 1.54) is 12.8 Å². The molecule has 0 radical (unpaired) electrons. The Bertz CT molecular complexity index is 490. The number of ether oxygens (including phenoxy) is 1. The molecule has 0 aliphatic rings. The molecule has 0 aromatic heterocycles. The van der Waals surface area contributed by atoms with Crippen LogP contribution in [0.25, 0.3) is 0 Å². The van der Waals surface area contributed by atoms with E-state index in [4.69, 9.17) is 4.74 Å². The maximum absolute atomic E-state index is 13.7. The van der Waals surface area contributed by atoms with Gasteiger partial charge in [-0.3, -0.25) is 4.79 Å². The minimum atomic E-state index is -0.523. The molecule has 0 aliphatic heterocycles. The molecule has 0 heterocycles. The predicted molar refractivity (Wildman–Crippen MR) is 124 cm³/mol. The van der Waals surface area contributed by atoms with Crippen molar-refractivity contribution in [2.24, 2.45) is 27.6 Å². The summed E-state index contributed by atoms with van der Waals surface area (Å²) in [6, 6.07) is 0. The van der Waals surface area contributed by atoms with Gasteiger partial charge in [0.05, 0.1) is 5.41 Å². The molecule has 0 aliphatic carbocycles. The van der Waals surface area contributed by atoms with E-state index in [9.17, 15) is 4.79 Å². The van der Waals surface area contributed by atoms with Crippen molar-refractivity contribution in [2.45, 2.75) is 134 Å². The van der Waals surface area contributed by atoms with E-state index in [0.29, 0.717) is 5.92 Å². The van der Waals surface area contributed by atoms with Crippen LogP contribution in [0.4, 0.5) is 0 Å². The molecular formula is C26H52O2. The molecule has 0 spiro atoms. The summed E-state index contributed by atoms with van der Waals surface area (Å²) in [5, 5.41) is 0. The number of esters is 1. The molecule has 2 atom stereocenters. The highest BCUT2D eigenvalue weighted by Crippen LogP contribution is 2.51. The lowest BCUT2D eigenvalue weighted by Crippen LogP contribution is -2.52. The number of hydrogen-bond donors (Lipinski definition) is 0. The first-order valence-corrected chi connectivity index (χ1v) is 11.6. The molecule has 0 fully saturated rings. The fourth-order valence-electron chi connectivity index (χ4n) is 4.85. The van der Waals surface area contributed by atoms with E-state index in [-0.39, 0.29) is 22.2 Å². The van der Waals surface area contributed by atoms with E-state index in [1.54, 1.807) is 0 Å². The first-order chi connectivity index (χ1) is 12.4. The molecule has 0 aromatic rings. The summed E-state index contributed by atoms with van der Waals surface area (Å²) in [7, 11) is 0. The zero-order valence-electron chi connectivity index (χ0n) is 21.6. The predicted octanol–water partition coefficient (Wildman–Crippen LogP) is 8.43. The molecule has 0 N–H and O–H groups in total. The summed E-state index contributed by atoms with van der Waals surface area (Å²) in [5.74, 6) is 0.552. The van der Waals surface area contributed by atoms with Gasteiger partial charge in [-0.2, -0.15) is 0 Å². The second-order valence-corrected chi connectivity index (χ2v) is 12.6. The van der Waals surface area contributed by atoms with Gasteiger partial charge in [0.15, 0.2) is 0 Å². The quantitative estimate of drug-likeness (QED) is 0.346. The van der Waals surface area contributed by atoms with Crippen LogP contribution in [0, 0.1) is 27.6 Å². The molecule has 0 saturated heterocycles. The summed E-state index contributed by atoms with van der Waals surface area (Å²) in [6.45, 7) is 28.7. The first kappa shape index (κ1) is 27.5. The fraction of sp³-hybridized carbons (Fsp3) is 0.962. The number of hydrogen-bond acceptors (Lipinski definition) is 2. The van der Waals surface area contributed by atoms with Gasteiger partial charge in [0.2, 0.25) is 0 Å². The van der Waals surface area contributed by atoms with Gasteiger partial charge in [-0.15, -0.1) is 0 Å². The van der Waals surface area contributed by atoms with E-state index in [2.05, 4.69) is 90.0 Å². The third-order valence-corrected chi connectivity index (χ3v) is 7.10. The van der Waals surface area contributed by atoms with Gasteiger partial charge in [-0.25, -0.2) is 0 Å². The molecule has 28 heavy (non-hydrogen) atoms. The Morgan fingerprint density at radius 2 is 1.39 bits per heavy atom. The lowest BCUT2D eigenvalue weighted by atomic mass is 9.60. The zero-order chi connectivity index (χ0) is 22.6. The van der Waals surface area contributed by atoms with Gasteiger partial charge in [-0.1, -0.05) is 82.1 Å². The Morgan fingerprint density at radius 3 is 1.71 bits per heavy atom. The number of unbranched alkanes of at least 4 members (excludes halogenated alkanes) is 1. The smallest absolute Gasteiger partial charge is 0.312 e. The van der Waals surface area contributed by atoms with Crippen molar-refractivity contribution in [1.29, 1.82) is 0 Å². The molecular weight excluding hydrogens is 344 g/mol. The Morgan fingerprint density at radius 1 is 0.893 bits per heavy atom. The molecule has 0 rings (SSSR count). The van der Waals surface area contributed by atoms with Gasteiger partial charge in [0, 0.05) is 5.41 Å². The average Bonchev–Trinajstić information content (AvgIpc) is 2.47. The highest BCUT2D eigenvalue weighted by molar-refractivity contribution is 5.78. The summed E-state index contributed by atoms with van der Waals surface area (Å²) in [5.41, 5.74) is -1.09. The van der Waals surface area contributed by atoms with Gasteiger partial charge in [-0.05, 0) is 63.2 Å². The zero-order valence-corrected chi connectivity index (χ0v) is 21.6. The highest BCUT2D eigenvalue weighted by atomic mass is 16.6. The molecule has 168 valence electrons. The summed E-state index contributed by atoms with van der Waals surface area (Å²) < 4.78 is 6.49. The minimum absolute atomic E-state index is 0.0212. The summed E-state index contributed by atoms with van der Waals surface area (Å²) in [6.07, 6.45) is 6.42. The second kappa shape index (κ2) is 9.52.